The van der Waals surface area contributed by atoms with Gasteiger partial charge in [0.15, 0.2) is 6.61 Å². The van der Waals surface area contributed by atoms with E-state index in [4.69, 9.17) is 4.74 Å². The Hall–Kier alpha value is -1.66. The standard InChI is InChI=1S/C19H26FNO4/c1-11(17-5-12-2-3-13(17)4-12)21-18(24)10-25-19-14(8-22)6-16(20)7-15(19)9-23/h6-7,11-13,17,22-23H,2-5,8-10H2,1H3,(H,21,24). The van der Waals surface area contributed by atoms with Gasteiger partial charge in [0.05, 0.1) is 13.2 Å². The minimum absolute atomic E-state index is 0.106. The van der Waals surface area contributed by atoms with Gasteiger partial charge < -0.3 is 20.3 Å². The largest absolute Gasteiger partial charge is 0.483 e. The second-order valence-corrected chi connectivity index (χ2v) is 7.35. The van der Waals surface area contributed by atoms with E-state index in [2.05, 4.69) is 5.32 Å². The molecule has 0 aromatic heterocycles. The molecule has 5 nitrogen and oxygen atoms in total. The van der Waals surface area contributed by atoms with Gasteiger partial charge in [0.25, 0.3) is 5.91 Å². The highest BCUT2D eigenvalue weighted by molar-refractivity contribution is 5.78. The Morgan fingerprint density at radius 3 is 2.48 bits per heavy atom. The van der Waals surface area contributed by atoms with Crippen molar-refractivity contribution in [1.82, 2.24) is 5.32 Å². The number of carbonyl (C=O) groups excluding carboxylic acids is 1. The lowest BCUT2D eigenvalue weighted by Gasteiger charge is -2.28. The lowest BCUT2D eigenvalue weighted by Crippen LogP contribution is -2.42. The van der Waals surface area contributed by atoms with Crippen LogP contribution in [0.15, 0.2) is 12.1 Å². The van der Waals surface area contributed by atoms with Gasteiger partial charge in [-0.1, -0.05) is 6.42 Å². The highest BCUT2D eigenvalue weighted by Crippen LogP contribution is 2.49. The number of amides is 1. The summed E-state index contributed by atoms with van der Waals surface area (Å²) in [5.74, 6) is 1.45. The van der Waals surface area contributed by atoms with Gasteiger partial charge in [0, 0.05) is 17.2 Å². The van der Waals surface area contributed by atoms with Crippen LogP contribution in [0.4, 0.5) is 4.39 Å². The Morgan fingerprint density at radius 1 is 1.28 bits per heavy atom. The Morgan fingerprint density at radius 2 is 1.96 bits per heavy atom. The summed E-state index contributed by atoms with van der Waals surface area (Å²) >= 11 is 0. The van der Waals surface area contributed by atoms with Crippen LogP contribution in [0, 0.1) is 23.6 Å². The van der Waals surface area contributed by atoms with Crippen LogP contribution < -0.4 is 10.1 Å². The van der Waals surface area contributed by atoms with Crippen LogP contribution in [0.2, 0.25) is 0 Å². The number of carbonyl (C=O) groups is 1. The third kappa shape index (κ3) is 3.96. The van der Waals surface area contributed by atoms with Gasteiger partial charge in [-0.3, -0.25) is 4.79 Å². The van der Waals surface area contributed by atoms with Crippen molar-refractivity contribution in [2.75, 3.05) is 6.61 Å². The molecule has 4 atom stereocenters. The van der Waals surface area contributed by atoms with Gasteiger partial charge in [-0.25, -0.2) is 4.39 Å². The minimum Gasteiger partial charge on any atom is -0.483 e. The van der Waals surface area contributed by atoms with E-state index in [1.54, 1.807) is 0 Å². The summed E-state index contributed by atoms with van der Waals surface area (Å²) in [6.07, 6.45) is 5.07. The van der Waals surface area contributed by atoms with Crippen LogP contribution in [-0.2, 0) is 18.0 Å². The molecule has 3 N–H and O–H groups in total. The van der Waals surface area contributed by atoms with Gasteiger partial charge in [-0.2, -0.15) is 0 Å². The number of fused-ring (bicyclic) bond motifs is 2. The second-order valence-electron chi connectivity index (χ2n) is 7.35. The highest BCUT2D eigenvalue weighted by Gasteiger charge is 2.42. The molecule has 0 heterocycles. The highest BCUT2D eigenvalue weighted by atomic mass is 19.1. The number of hydrogen-bond donors (Lipinski definition) is 3. The van der Waals surface area contributed by atoms with Crippen molar-refractivity contribution >= 4 is 5.91 Å². The van der Waals surface area contributed by atoms with Crippen LogP contribution >= 0.6 is 0 Å². The first-order valence-corrected chi connectivity index (χ1v) is 8.97. The number of hydrogen-bond acceptors (Lipinski definition) is 4. The molecule has 0 spiro atoms. The summed E-state index contributed by atoms with van der Waals surface area (Å²) in [7, 11) is 0. The summed E-state index contributed by atoms with van der Waals surface area (Å²) in [6.45, 7) is 0.961. The van der Waals surface area contributed by atoms with Gasteiger partial charge >= 0.3 is 0 Å². The summed E-state index contributed by atoms with van der Waals surface area (Å²) in [5, 5.41) is 21.7. The molecule has 1 aromatic carbocycles. The first-order valence-electron chi connectivity index (χ1n) is 8.97. The zero-order chi connectivity index (χ0) is 18.0. The molecule has 2 fully saturated rings. The monoisotopic (exact) mass is 351 g/mol. The molecule has 3 rings (SSSR count). The fraction of sp³-hybridized carbons (Fsp3) is 0.632. The Kier molecular flexibility index (Phi) is 5.59. The Bertz CT molecular complexity index is 611. The van der Waals surface area contributed by atoms with Crippen LogP contribution in [0.1, 0.15) is 43.7 Å². The molecule has 6 heteroatoms. The number of nitrogens with one attached hydrogen (secondary N) is 1. The number of benzene rings is 1. The quantitative estimate of drug-likeness (QED) is 0.703. The van der Waals surface area contributed by atoms with E-state index in [1.165, 1.54) is 25.7 Å². The van der Waals surface area contributed by atoms with E-state index in [0.29, 0.717) is 5.92 Å². The summed E-state index contributed by atoms with van der Waals surface area (Å²) < 4.78 is 18.9. The van der Waals surface area contributed by atoms with Gasteiger partial charge in [-0.05, 0) is 56.1 Å². The average Bonchev–Trinajstić information content (AvgIpc) is 3.23. The van der Waals surface area contributed by atoms with Gasteiger partial charge in [-0.15, -0.1) is 0 Å². The van der Waals surface area contributed by atoms with E-state index in [1.807, 2.05) is 6.92 Å². The lowest BCUT2D eigenvalue weighted by molar-refractivity contribution is -0.124. The molecule has 138 valence electrons. The van der Waals surface area contributed by atoms with Crippen molar-refractivity contribution in [1.29, 1.82) is 0 Å². The maximum absolute atomic E-state index is 13.4. The number of aliphatic hydroxyl groups excluding tert-OH is 2. The van der Waals surface area contributed by atoms with E-state index < -0.39 is 19.0 Å². The van der Waals surface area contributed by atoms with E-state index in [0.717, 1.165) is 24.0 Å². The van der Waals surface area contributed by atoms with Crippen molar-refractivity contribution in [3.8, 4) is 5.75 Å². The molecule has 0 saturated heterocycles. The maximum Gasteiger partial charge on any atom is 0.258 e. The van der Waals surface area contributed by atoms with E-state index in [-0.39, 0.29) is 35.4 Å². The van der Waals surface area contributed by atoms with Gasteiger partial charge in [0.1, 0.15) is 11.6 Å². The third-order valence-electron chi connectivity index (χ3n) is 5.72. The predicted molar refractivity (Wildman–Crippen MR) is 90.3 cm³/mol. The zero-order valence-corrected chi connectivity index (χ0v) is 14.5. The van der Waals surface area contributed by atoms with Crippen molar-refractivity contribution < 1.29 is 24.1 Å². The van der Waals surface area contributed by atoms with Crippen LogP contribution in [0.3, 0.4) is 0 Å². The number of rotatable bonds is 7. The molecule has 1 aromatic rings. The number of aliphatic hydroxyl groups is 2. The first kappa shape index (κ1) is 18.1. The molecular formula is C19H26FNO4. The molecule has 1 amide bonds. The lowest BCUT2D eigenvalue weighted by atomic mass is 9.84. The molecule has 0 aliphatic heterocycles. The zero-order valence-electron chi connectivity index (χ0n) is 14.5. The summed E-state index contributed by atoms with van der Waals surface area (Å²) in [4.78, 5) is 12.2. The molecular weight excluding hydrogens is 325 g/mol. The molecule has 25 heavy (non-hydrogen) atoms. The number of halogens is 1. The van der Waals surface area contributed by atoms with Gasteiger partial charge in [0.2, 0.25) is 0 Å². The Labute approximate surface area is 147 Å². The third-order valence-corrected chi connectivity index (χ3v) is 5.72. The first-order chi connectivity index (χ1) is 12.0. The minimum atomic E-state index is -0.560. The van der Waals surface area contributed by atoms with Crippen LogP contribution in [0.25, 0.3) is 0 Å². The van der Waals surface area contributed by atoms with Crippen molar-refractivity contribution in [3.63, 3.8) is 0 Å². The number of ether oxygens (including phenoxy) is 1. The van der Waals surface area contributed by atoms with E-state index in [9.17, 15) is 19.4 Å². The van der Waals surface area contributed by atoms with E-state index >= 15 is 0 Å². The molecule has 4 unspecified atom stereocenters. The smallest absolute Gasteiger partial charge is 0.258 e. The average molecular weight is 351 g/mol. The maximum atomic E-state index is 13.4. The van der Waals surface area contributed by atoms with Crippen LogP contribution in [-0.4, -0.2) is 28.8 Å². The second kappa shape index (κ2) is 7.70. The molecule has 2 aliphatic carbocycles. The fourth-order valence-corrected chi connectivity index (χ4v) is 4.58. The summed E-state index contributed by atoms with van der Waals surface area (Å²) in [5.41, 5.74) is 0.441. The summed E-state index contributed by atoms with van der Waals surface area (Å²) in [6, 6.07) is 2.39. The Balaban J connectivity index is 1.57. The molecule has 2 bridgehead atoms. The fourth-order valence-electron chi connectivity index (χ4n) is 4.58. The normalized spacial score (nSPS) is 25.8. The van der Waals surface area contributed by atoms with Crippen LogP contribution in [0.5, 0.6) is 5.75 Å². The predicted octanol–water partition coefficient (Wildman–Crippen LogP) is 2.13. The van der Waals surface area contributed by atoms with Crippen molar-refractivity contribution in [3.05, 3.63) is 29.1 Å². The topological polar surface area (TPSA) is 78.8 Å². The van der Waals surface area contributed by atoms with Crippen molar-refractivity contribution in [2.24, 2.45) is 17.8 Å². The molecule has 0 radical (unpaired) electrons. The van der Waals surface area contributed by atoms with Crippen molar-refractivity contribution in [2.45, 2.75) is 51.9 Å². The molecule has 2 aliphatic rings. The molecule has 2 saturated carbocycles. The SMILES string of the molecule is CC(NC(=O)COc1c(CO)cc(F)cc1CO)C1CC2CCC1C2.